The first-order valence-electron chi connectivity index (χ1n) is 9.45. The third-order valence-electron chi connectivity index (χ3n) is 4.68. The van der Waals surface area contributed by atoms with Gasteiger partial charge in [-0.05, 0) is 12.5 Å². The van der Waals surface area contributed by atoms with Crippen molar-refractivity contribution in [2.45, 2.75) is 19.2 Å². The summed E-state index contributed by atoms with van der Waals surface area (Å²) in [6.07, 6.45) is 1.63. The van der Waals surface area contributed by atoms with Crippen LogP contribution in [0.25, 0.3) is 0 Å². The number of guanidine groups is 1. The van der Waals surface area contributed by atoms with Crippen LogP contribution < -0.4 is 5.32 Å². The summed E-state index contributed by atoms with van der Waals surface area (Å²) in [4.78, 5) is 9.19. The molecule has 146 valence electrons. The van der Waals surface area contributed by atoms with Gasteiger partial charge in [0, 0.05) is 63.9 Å². The van der Waals surface area contributed by atoms with E-state index in [4.69, 9.17) is 4.52 Å². The summed E-state index contributed by atoms with van der Waals surface area (Å²) in [7, 11) is 1.86. The van der Waals surface area contributed by atoms with Gasteiger partial charge in [0.1, 0.15) is 6.26 Å². The molecule has 0 unspecified atom stereocenters. The fourth-order valence-electron chi connectivity index (χ4n) is 3.11. The van der Waals surface area contributed by atoms with E-state index in [1.807, 2.05) is 24.9 Å². The molecule has 0 amide bonds. The summed E-state index contributed by atoms with van der Waals surface area (Å²) in [5.41, 5.74) is 3.70. The van der Waals surface area contributed by atoms with Crippen LogP contribution in [0.2, 0.25) is 0 Å². The maximum atomic E-state index is 4.91. The van der Waals surface area contributed by atoms with Crippen molar-refractivity contribution in [3.63, 3.8) is 0 Å². The molecule has 27 heavy (non-hydrogen) atoms. The number of aryl methyl sites for hydroxylation is 1. The number of piperazine rings is 1. The van der Waals surface area contributed by atoms with Gasteiger partial charge in [0.05, 0.1) is 5.69 Å². The third kappa shape index (κ3) is 6.29. The van der Waals surface area contributed by atoms with Crippen LogP contribution in [0.1, 0.15) is 16.8 Å². The molecule has 6 nitrogen and oxygen atoms in total. The largest absolute Gasteiger partial charge is 0.364 e. The summed E-state index contributed by atoms with van der Waals surface area (Å²) >= 11 is 1.95. The van der Waals surface area contributed by atoms with Crippen LogP contribution in [0.15, 0.2) is 46.1 Å². The fourth-order valence-corrected chi connectivity index (χ4v) is 3.93. The zero-order chi connectivity index (χ0) is 18.9. The smallest absolute Gasteiger partial charge is 0.193 e. The molecule has 0 aliphatic carbocycles. The highest BCUT2D eigenvalue weighted by Gasteiger charge is 2.20. The quantitative estimate of drug-likeness (QED) is 0.448. The van der Waals surface area contributed by atoms with Crippen molar-refractivity contribution < 1.29 is 4.52 Å². The summed E-state index contributed by atoms with van der Waals surface area (Å²) in [5, 5.41) is 7.50. The number of rotatable bonds is 7. The van der Waals surface area contributed by atoms with Gasteiger partial charge in [0.2, 0.25) is 0 Å². The molecule has 2 heterocycles. The molecule has 2 aromatic rings. The first kappa shape index (κ1) is 19.8. The predicted octanol–water partition coefficient (Wildman–Crippen LogP) is 2.61. The first-order chi connectivity index (χ1) is 13.2. The van der Waals surface area contributed by atoms with Crippen LogP contribution in [-0.4, -0.2) is 66.4 Å². The zero-order valence-electron chi connectivity index (χ0n) is 16.2. The molecule has 1 aromatic carbocycles. The van der Waals surface area contributed by atoms with Gasteiger partial charge in [-0.25, -0.2) is 0 Å². The van der Waals surface area contributed by atoms with Crippen LogP contribution in [0, 0.1) is 6.92 Å². The molecule has 1 saturated heterocycles. The highest BCUT2D eigenvalue weighted by atomic mass is 32.2. The van der Waals surface area contributed by atoms with Gasteiger partial charge in [-0.2, -0.15) is 11.8 Å². The monoisotopic (exact) mass is 387 g/mol. The third-order valence-corrected chi connectivity index (χ3v) is 5.71. The predicted molar refractivity (Wildman–Crippen MR) is 112 cm³/mol. The van der Waals surface area contributed by atoms with Gasteiger partial charge >= 0.3 is 0 Å². The Balaban J connectivity index is 1.32. The Kier molecular flexibility index (Phi) is 7.59. The Morgan fingerprint density at radius 3 is 2.63 bits per heavy atom. The van der Waals surface area contributed by atoms with Crippen molar-refractivity contribution >= 4 is 17.7 Å². The van der Waals surface area contributed by atoms with E-state index in [2.05, 4.69) is 56.5 Å². The maximum absolute atomic E-state index is 4.91. The van der Waals surface area contributed by atoms with Crippen molar-refractivity contribution in [2.24, 2.45) is 4.99 Å². The van der Waals surface area contributed by atoms with Gasteiger partial charge in [-0.15, -0.1) is 0 Å². The Morgan fingerprint density at radius 1 is 1.19 bits per heavy atom. The van der Waals surface area contributed by atoms with E-state index in [1.54, 1.807) is 6.26 Å². The van der Waals surface area contributed by atoms with E-state index in [0.717, 1.165) is 62.4 Å². The molecule has 1 aliphatic rings. The second-order valence-corrected chi connectivity index (χ2v) is 7.87. The normalized spacial score (nSPS) is 15.9. The standard InChI is InChI=1S/C20H29N5OS/c1-17-3-5-18(6-4-17)16-27-14-8-22-20(21-2)25-11-9-24(10-12-25)15-19-7-13-26-23-19/h3-7,13H,8-12,14-16H2,1-2H3,(H,21,22). The number of nitrogens with zero attached hydrogens (tertiary/aromatic N) is 4. The molecular formula is C20H29N5OS. The van der Waals surface area contributed by atoms with Crippen molar-refractivity contribution in [3.8, 4) is 0 Å². The van der Waals surface area contributed by atoms with Crippen LogP contribution in [0.5, 0.6) is 0 Å². The van der Waals surface area contributed by atoms with Crippen molar-refractivity contribution in [2.75, 3.05) is 45.5 Å². The van der Waals surface area contributed by atoms with E-state index in [9.17, 15) is 0 Å². The highest BCUT2D eigenvalue weighted by molar-refractivity contribution is 7.98. The average Bonchev–Trinajstić information content (AvgIpc) is 3.20. The van der Waals surface area contributed by atoms with Crippen LogP contribution in [0.3, 0.4) is 0 Å². The van der Waals surface area contributed by atoms with E-state index >= 15 is 0 Å². The molecule has 0 bridgehead atoms. The summed E-state index contributed by atoms with van der Waals surface area (Å²) in [6, 6.07) is 10.7. The molecular weight excluding hydrogens is 358 g/mol. The van der Waals surface area contributed by atoms with E-state index in [-0.39, 0.29) is 0 Å². The number of hydrogen-bond acceptors (Lipinski definition) is 5. The van der Waals surface area contributed by atoms with Crippen molar-refractivity contribution in [1.82, 2.24) is 20.3 Å². The topological polar surface area (TPSA) is 56.9 Å². The number of aliphatic imine (C=N–C) groups is 1. The summed E-state index contributed by atoms with van der Waals surface area (Å²) in [5.74, 6) is 3.13. The average molecular weight is 388 g/mol. The van der Waals surface area contributed by atoms with Gasteiger partial charge in [0.25, 0.3) is 0 Å². The fraction of sp³-hybridized carbons (Fsp3) is 0.500. The Labute approximate surface area is 166 Å². The minimum atomic E-state index is 0.853. The minimum absolute atomic E-state index is 0.853. The van der Waals surface area contributed by atoms with Crippen LogP contribution >= 0.6 is 11.8 Å². The maximum Gasteiger partial charge on any atom is 0.193 e. The van der Waals surface area contributed by atoms with Gasteiger partial charge in [-0.1, -0.05) is 35.0 Å². The van der Waals surface area contributed by atoms with E-state index in [1.165, 1.54) is 11.1 Å². The lowest BCUT2D eigenvalue weighted by molar-refractivity contribution is 0.169. The summed E-state index contributed by atoms with van der Waals surface area (Å²) < 4.78 is 4.91. The SMILES string of the molecule is CN=C(NCCSCc1ccc(C)cc1)N1CCN(Cc2ccon2)CC1. The van der Waals surface area contributed by atoms with Crippen LogP contribution in [-0.2, 0) is 12.3 Å². The second kappa shape index (κ2) is 10.4. The minimum Gasteiger partial charge on any atom is -0.364 e. The molecule has 0 atom stereocenters. The van der Waals surface area contributed by atoms with Gasteiger partial charge in [-0.3, -0.25) is 9.89 Å². The number of benzene rings is 1. The molecule has 1 fully saturated rings. The lowest BCUT2D eigenvalue weighted by Gasteiger charge is -2.36. The summed E-state index contributed by atoms with van der Waals surface area (Å²) in [6.45, 7) is 7.89. The Morgan fingerprint density at radius 2 is 1.96 bits per heavy atom. The molecule has 0 spiro atoms. The van der Waals surface area contributed by atoms with E-state index in [0.29, 0.717) is 0 Å². The van der Waals surface area contributed by atoms with Gasteiger partial charge < -0.3 is 14.7 Å². The molecule has 3 rings (SSSR count). The Bertz CT molecular complexity index is 694. The number of hydrogen-bond donors (Lipinski definition) is 1. The first-order valence-corrected chi connectivity index (χ1v) is 10.6. The second-order valence-electron chi connectivity index (χ2n) is 6.77. The van der Waals surface area contributed by atoms with Gasteiger partial charge in [0.15, 0.2) is 5.96 Å². The number of aromatic nitrogens is 1. The molecule has 7 heteroatoms. The van der Waals surface area contributed by atoms with Crippen LogP contribution in [0.4, 0.5) is 0 Å². The Hall–Kier alpha value is -1.99. The molecule has 0 saturated carbocycles. The molecule has 0 radical (unpaired) electrons. The molecule has 1 N–H and O–H groups in total. The van der Waals surface area contributed by atoms with E-state index < -0.39 is 0 Å². The zero-order valence-corrected chi connectivity index (χ0v) is 17.0. The van der Waals surface area contributed by atoms with Crippen molar-refractivity contribution in [1.29, 1.82) is 0 Å². The lowest BCUT2D eigenvalue weighted by Crippen LogP contribution is -2.52. The van der Waals surface area contributed by atoms with Crippen molar-refractivity contribution in [3.05, 3.63) is 53.4 Å². The lowest BCUT2D eigenvalue weighted by atomic mass is 10.2. The molecule has 1 aliphatic heterocycles. The highest BCUT2D eigenvalue weighted by Crippen LogP contribution is 2.12. The number of thioether (sulfide) groups is 1. The number of nitrogens with one attached hydrogen (secondary N) is 1. The molecule has 1 aromatic heterocycles.